The molecule has 3 rings (SSSR count). The van der Waals surface area contributed by atoms with E-state index in [1.54, 1.807) is 12.3 Å². The molecule has 0 bridgehead atoms. The topological polar surface area (TPSA) is 57.0 Å². The summed E-state index contributed by atoms with van der Waals surface area (Å²) in [7, 11) is 0. The number of fused-ring (bicyclic) bond motifs is 1. The van der Waals surface area contributed by atoms with Crippen LogP contribution in [-0.2, 0) is 4.74 Å². The maximum Gasteiger partial charge on any atom is 0.419 e. The van der Waals surface area contributed by atoms with Crippen molar-refractivity contribution in [1.82, 2.24) is 14.5 Å². The lowest BCUT2D eigenvalue weighted by Gasteiger charge is -2.20. The van der Waals surface area contributed by atoms with Gasteiger partial charge in [-0.15, -0.1) is 0 Å². The van der Waals surface area contributed by atoms with Crippen molar-refractivity contribution >= 4 is 44.5 Å². The minimum atomic E-state index is -0.611. The summed E-state index contributed by atoms with van der Waals surface area (Å²) in [6.45, 7) is 5.48. The van der Waals surface area contributed by atoms with Crippen LogP contribution in [0.1, 0.15) is 20.8 Å². The Hall–Kier alpha value is -1.92. The first-order valence-electron chi connectivity index (χ1n) is 7.28. The summed E-state index contributed by atoms with van der Waals surface area (Å²) < 4.78 is 7.94. The Morgan fingerprint density at radius 2 is 2.04 bits per heavy atom. The molecule has 2 aromatic heterocycles. The number of hydrogen-bond acceptors (Lipinski definition) is 4. The van der Waals surface area contributed by atoms with Crippen LogP contribution in [0, 0.1) is 0 Å². The molecule has 3 aromatic rings. The number of carbonyl (C=O) groups excluding carboxylic acids is 1. The quantitative estimate of drug-likeness (QED) is 0.513. The lowest BCUT2D eigenvalue weighted by Crippen LogP contribution is -2.27. The minimum absolute atomic E-state index is 0.118. The maximum atomic E-state index is 12.8. The number of halogens is 2. The fraction of sp³-hybridized carbons (Fsp3) is 0.235. The Morgan fingerprint density at radius 1 is 1.29 bits per heavy atom. The Kier molecular flexibility index (Phi) is 4.36. The van der Waals surface area contributed by atoms with Crippen LogP contribution in [0.3, 0.4) is 0 Å². The van der Waals surface area contributed by atoms with Crippen molar-refractivity contribution < 1.29 is 9.53 Å². The average Bonchev–Trinajstić information content (AvgIpc) is 2.86. The van der Waals surface area contributed by atoms with Crippen LogP contribution in [0.15, 0.2) is 41.0 Å². The Morgan fingerprint density at radius 3 is 2.71 bits per heavy atom. The molecular weight excluding hydrogens is 394 g/mol. The van der Waals surface area contributed by atoms with E-state index in [-0.39, 0.29) is 5.28 Å². The third kappa shape index (κ3) is 3.30. The molecule has 0 aliphatic heterocycles. The van der Waals surface area contributed by atoms with Crippen molar-refractivity contribution in [1.29, 1.82) is 0 Å². The molecule has 7 heteroatoms. The largest absolute Gasteiger partial charge is 0.443 e. The van der Waals surface area contributed by atoms with Crippen LogP contribution >= 0.6 is 27.5 Å². The number of rotatable bonds is 1. The molecule has 0 amide bonds. The summed E-state index contributed by atoms with van der Waals surface area (Å²) in [5.74, 6) is 0. The highest BCUT2D eigenvalue weighted by Gasteiger charge is 2.24. The molecule has 2 heterocycles. The second kappa shape index (κ2) is 6.18. The molecule has 0 saturated carbocycles. The fourth-order valence-corrected chi connectivity index (χ4v) is 2.98. The first-order chi connectivity index (χ1) is 11.3. The maximum absolute atomic E-state index is 12.8. The van der Waals surface area contributed by atoms with E-state index in [2.05, 4.69) is 25.9 Å². The molecule has 24 heavy (non-hydrogen) atoms. The molecule has 5 nitrogen and oxygen atoms in total. The lowest BCUT2D eigenvalue weighted by molar-refractivity contribution is 0.0547. The average molecular weight is 409 g/mol. The van der Waals surface area contributed by atoms with Gasteiger partial charge in [0.15, 0.2) is 0 Å². The number of carbonyl (C=O) groups is 1. The molecule has 0 radical (unpaired) electrons. The predicted octanol–water partition coefficient (Wildman–Crippen LogP) is 5.30. The second-order valence-corrected chi connectivity index (χ2v) is 7.42. The van der Waals surface area contributed by atoms with E-state index in [4.69, 9.17) is 16.3 Å². The van der Waals surface area contributed by atoms with E-state index < -0.39 is 11.7 Å². The first kappa shape index (κ1) is 16.9. The van der Waals surface area contributed by atoms with Gasteiger partial charge in [-0.1, -0.05) is 22.0 Å². The van der Waals surface area contributed by atoms with Gasteiger partial charge in [-0.25, -0.2) is 19.3 Å². The summed E-state index contributed by atoms with van der Waals surface area (Å²) in [6, 6.07) is 9.22. The van der Waals surface area contributed by atoms with Crippen molar-refractivity contribution in [3.8, 4) is 11.4 Å². The van der Waals surface area contributed by atoms with Gasteiger partial charge in [0.1, 0.15) is 5.60 Å². The molecule has 0 fully saturated rings. The summed E-state index contributed by atoms with van der Waals surface area (Å²) in [4.78, 5) is 20.9. The highest BCUT2D eigenvalue weighted by Crippen LogP contribution is 2.32. The third-order valence-electron chi connectivity index (χ3n) is 3.26. The monoisotopic (exact) mass is 407 g/mol. The zero-order chi connectivity index (χ0) is 17.5. The van der Waals surface area contributed by atoms with Crippen LogP contribution in [0.25, 0.3) is 22.3 Å². The molecular formula is C17H15BrClN3O2. The summed E-state index contributed by atoms with van der Waals surface area (Å²) in [5, 5.41) is 1.00. The molecule has 0 N–H and O–H groups in total. The molecule has 1 aromatic carbocycles. The van der Waals surface area contributed by atoms with Gasteiger partial charge in [-0.05, 0) is 56.6 Å². The summed E-state index contributed by atoms with van der Waals surface area (Å²) >= 11 is 9.42. The van der Waals surface area contributed by atoms with E-state index in [9.17, 15) is 4.79 Å². The van der Waals surface area contributed by atoms with E-state index in [0.717, 1.165) is 15.4 Å². The minimum Gasteiger partial charge on any atom is -0.443 e. The van der Waals surface area contributed by atoms with Crippen molar-refractivity contribution in [3.63, 3.8) is 0 Å². The van der Waals surface area contributed by atoms with E-state index in [1.807, 2.05) is 45.0 Å². The van der Waals surface area contributed by atoms with Gasteiger partial charge in [0.05, 0.1) is 16.9 Å². The van der Waals surface area contributed by atoms with Gasteiger partial charge in [-0.2, -0.15) is 0 Å². The predicted molar refractivity (Wildman–Crippen MR) is 97.3 cm³/mol. The molecule has 0 spiro atoms. The lowest BCUT2D eigenvalue weighted by atomic mass is 10.2. The van der Waals surface area contributed by atoms with E-state index in [1.165, 1.54) is 4.57 Å². The highest BCUT2D eigenvalue weighted by molar-refractivity contribution is 9.10. The fourth-order valence-electron chi connectivity index (χ4n) is 2.36. The van der Waals surface area contributed by atoms with Gasteiger partial charge in [0.25, 0.3) is 0 Å². The second-order valence-electron chi connectivity index (χ2n) is 6.23. The Balaban J connectivity index is 2.26. The van der Waals surface area contributed by atoms with E-state index in [0.29, 0.717) is 11.4 Å². The molecule has 0 aliphatic carbocycles. The first-order valence-corrected chi connectivity index (χ1v) is 8.45. The summed E-state index contributed by atoms with van der Waals surface area (Å²) in [5.41, 5.74) is 1.25. The van der Waals surface area contributed by atoms with Crippen LogP contribution in [0.4, 0.5) is 4.79 Å². The Labute approximate surface area is 152 Å². The van der Waals surface area contributed by atoms with E-state index >= 15 is 0 Å². The Bertz CT molecular complexity index is 931. The molecule has 0 saturated heterocycles. The number of hydrogen-bond donors (Lipinski definition) is 0. The number of benzene rings is 1. The molecule has 124 valence electrons. The van der Waals surface area contributed by atoms with Gasteiger partial charge < -0.3 is 4.74 Å². The molecule has 0 aliphatic rings. The molecule has 0 unspecified atom stereocenters. The van der Waals surface area contributed by atoms with Crippen LogP contribution in [0.2, 0.25) is 5.28 Å². The van der Waals surface area contributed by atoms with Crippen LogP contribution in [-0.4, -0.2) is 26.2 Å². The van der Waals surface area contributed by atoms with Crippen molar-refractivity contribution in [2.75, 3.05) is 0 Å². The van der Waals surface area contributed by atoms with Crippen molar-refractivity contribution in [2.24, 2.45) is 0 Å². The smallest absolute Gasteiger partial charge is 0.419 e. The van der Waals surface area contributed by atoms with Crippen LogP contribution < -0.4 is 0 Å². The molecule has 0 atom stereocenters. The van der Waals surface area contributed by atoms with Gasteiger partial charge in [0, 0.05) is 16.1 Å². The highest BCUT2D eigenvalue weighted by atomic mass is 79.9. The standard InChI is InChI=1S/C17H15BrClN3O2/c1-17(2,3)24-16(23)22-13-6-4-5-11(18)10(13)9-14(22)12-7-8-20-15(19)21-12/h4-9H,1-3H3. The van der Waals surface area contributed by atoms with Gasteiger partial charge >= 0.3 is 6.09 Å². The normalized spacial score (nSPS) is 11.7. The zero-order valence-corrected chi connectivity index (χ0v) is 15.7. The number of nitrogens with zero attached hydrogens (tertiary/aromatic N) is 3. The number of ether oxygens (including phenoxy) is 1. The van der Waals surface area contributed by atoms with Gasteiger partial charge in [-0.3, -0.25) is 0 Å². The van der Waals surface area contributed by atoms with Crippen molar-refractivity contribution in [2.45, 2.75) is 26.4 Å². The third-order valence-corrected chi connectivity index (χ3v) is 4.13. The van der Waals surface area contributed by atoms with Crippen molar-refractivity contribution in [3.05, 3.63) is 46.3 Å². The summed E-state index contributed by atoms with van der Waals surface area (Å²) in [6.07, 6.45) is 1.08. The van der Waals surface area contributed by atoms with Gasteiger partial charge in [0.2, 0.25) is 5.28 Å². The SMILES string of the molecule is CC(C)(C)OC(=O)n1c(-c2ccnc(Cl)n2)cc2c(Br)cccc21. The van der Waals surface area contributed by atoms with Crippen LogP contribution in [0.5, 0.6) is 0 Å². The zero-order valence-electron chi connectivity index (χ0n) is 13.4. The number of aromatic nitrogens is 3.